The molecule has 1 saturated heterocycles. The second-order valence-electron chi connectivity index (χ2n) is 6.18. The molecular weight excluding hydrogens is 262 g/mol. The summed E-state index contributed by atoms with van der Waals surface area (Å²) in [5.74, 6) is 0.994. The molecule has 1 unspecified atom stereocenters. The Morgan fingerprint density at radius 3 is 2.86 bits per heavy atom. The van der Waals surface area contributed by atoms with Gasteiger partial charge in [-0.25, -0.2) is 0 Å². The van der Waals surface area contributed by atoms with Gasteiger partial charge in [-0.05, 0) is 68.3 Å². The molecule has 1 heterocycles. The maximum atomic E-state index is 5.78. The predicted octanol–water partition coefficient (Wildman–Crippen LogP) is 3.10. The average Bonchev–Trinajstić information content (AvgIpc) is 2.99. The zero-order valence-corrected chi connectivity index (χ0v) is 12.9. The van der Waals surface area contributed by atoms with Gasteiger partial charge in [-0.3, -0.25) is 0 Å². The van der Waals surface area contributed by atoms with Crippen LogP contribution in [0.2, 0.25) is 0 Å². The van der Waals surface area contributed by atoms with Crippen LogP contribution in [0.5, 0.6) is 5.75 Å². The molecular formula is C18H27NO2. The van der Waals surface area contributed by atoms with Crippen LogP contribution < -0.4 is 10.1 Å². The molecule has 1 fully saturated rings. The molecule has 1 N–H and O–H groups in total. The van der Waals surface area contributed by atoms with Crippen LogP contribution in [0.1, 0.15) is 43.2 Å². The van der Waals surface area contributed by atoms with Gasteiger partial charge in [0, 0.05) is 12.6 Å². The Balaban J connectivity index is 1.28. The minimum Gasteiger partial charge on any atom is -0.491 e. The molecule has 1 aliphatic heterocycles. The first kappa shape index (κ1) is 14.9. The van der Waals surface area contributed by atoms with E-state index in [2.05, 4.69) is 23.5 Å². The highest BCUT2D eigenvalue weighted by molar-refractivity contribution is 5.38. The van der Waals surface area contributed by atoms with Gasteiger partial charge in [-0.15, -0.1) is 0 Å². The number of piperidine rings is 1. The summed E-state index contributed by atoms with van der Waals surface area (Å²) < 4.78 is 11.5. The standard InChI is InChI=1S/C18H27NO2/c1-2-10-19-17(6-1)9-11-20-12-13-21-18-8-7-15-4-3-5-16(15)14-18/h7-8,14,17,19H,1-6,9-13H2. The molecule has 3 rings (SSSR count). The van der Waals surface area contributed by atoms with Crippen molar-refractivity contribution in [2.45, 2.75) is 51.0 Å². The smallest absolute Gasteiger partial charge is 0.119 e. The van der Waals surface area contributed by atoms with Crippen molar-refractivity contribution in [2.24, 2.45) is 0 Å². The van der Waals surface area contributed by atoms with Gasteiger partial charge in [0.2, 0.25) is 0 Å². The molecule has 1 atom stereocenters. The van der Waals surface area contributed by atoms with Crippen molar-refractivity contribution in [3.05, 3.63) is 29.3 Å². The van der Waals surface area contributed by atoms with Crippen molar-refractivity contribution in [3.8, 4) is 5.75 Å². The number of nitrogens with one attached hydrogen (secondary N) is 1. The van der Waals surface area contributed by atoms with Gasteiger partial charge in [0.15, 0.2) is 0 Å². The maximum Gasteiger partial charge on any atom is 0.119 e. The number of aryl methyl sites for hydroxylation is 2. The second-order valence-corrected chi connectivity index (χ2v) is 6.18. The largest absolute Gasteiger partial charge is 0.491 e. The number of rotatable bonds is 7. The van der Waals surface area contributed by atoms with E-state index in [1.54, 1.807) is 0 Å². The molecule has 0 radical (unpaired) electrons. The van der Waals surface area contributed by atoms with E-state index in [1.807, 2.05) is 0 Å². The first-order chi connectivity index (χ1) is 10.4. The lowest BCUT2D eigenvalue weighted by molar-refractivity contribution is 0.0910. The topological polar surface area (TPSA) is 30.5 Å². The summed E-state index contributed by atoms with van der Waals surface area (Å²) in [5.41, 5.74) is 2.97. The Bertz CT molecular complexity index is 441. The maximum absolute atomic E-state index is 5.78. The average molecular weight is 289 g/mol. The van der Waals surface area contributed by atoms with Gasteiger partial charge in [0.05, 0.1) is 6.61 Å². The summed E-state index contributed by atoms with van der Waals surface area (Å²) >= 11 is 0. The fourth-order valence-electron chi connectivity index (χ4n) is 3.35. The molecule has 3 nitrogen and oxygen atoms in total. The van der Waals surface area contributed by atoms with Crippen molar-refractivity contribution in [2.75, 3.05) is 26.4 Å². The monoisotopic (exact) mass is 289 g/mol. The lowest BCUT2D eigenvalue weighted by atomic mass is 10.0. The van der Waals surface area contributed by atoms with Gasteiger partial charge >= 0.3 is 0 Å². The number of benzene rings is 1. The van der Waals surface area contributed by atoms with Crippen LogP contribution in [0.15, 0.2) is 18.2 Å². The van der Waals surface area contributed by atoms with E-state index < -0.39 is 0 Å². The van der Waals surface area contributed by atoms with E-state index >= 15 is 0 Å². The summed E-state index contributed by atoms with van der Waals surface area (Å²) in [4.78, 5) is 0. The number of hydrogen-bond acceptors (Lipinski definition) is 3. The Morgan fingerprint density at radius 2 is 1.95 bits per heavy atom. The first-order valence-electron chi connectivity index (χ1n) is 8.47. The van der Waals surface area contributed by atoms with E-state index in [0.717, 1.165) is 18.8 Å². The highest BCUT2D eigenvalue weighted by Gasteiger charge is 2.12. The number of ether oxygens (including phenoxy) is 2. The molecule has 1 aromatic carbocycles. The molecule has 0 spiro atoms. The van der Waals surface area contributed by atoms with Crippen LogP contribution in [-0.4, -0.2) is 32.4 Å². The highest BCUT2D eigenvalue weighted by Crippen LogP contribution is 2.25. The third-order valence-electron chi connectivity index (χ3n) is 4.59. The minimum atomic E-state index is 0.650. The van der Waals surface area contributed by atoms with Crippen LogP contribution in [0.4, 0.5) is 0 Å². The third kappa shape index (κ3) is 4.45. The second kappa shape index (κ2) is 7.81. The summed E-state index contributed by atoms with van der Waals surface area (Å²) in [6.07, 6.45) is 8.83. The normalized spacial score (nSPS) is 21.2. The van der Waals surface area contributed by atoms with Crippen LogP contribution in [0.25, 0.3) is 0 Å². The fraction of sp³-hybridized carbons (Fsp3) is 0.667. The number of hydrogen-bond donors (Lipinski definition) is 1. The molecule has 2 aliphatic rings. The zero-order chi connectivity index (χ0) is 14.3. The molecule has 21 heavy (non-hydrogen) atoms. The van der Waals surface area contributed by atoms with Crippen LogP contribution in [0, 0.1) is 0 Å². The molecule has 0 aromatic heterocycles. The van der Waals surface area contributed by atoms with Gasteiger partial charge < -0.3 is 14.8 Å². The van der Waals surface area contributed by atoms with Gasteiger partial charge in [0.1, 0.15) is 12.4 Å². The highest BCUT2D eigenvalue weighted by atomic mass is 16.5. The van der Waals surface area contributed by atoms with Crippen molar-refractivity contribution in [1.82, 2.24) is 5.32 Å². The molecule has 1 aliphatic carbocycles. The van der Waals surface area contributed by atoms with Crippen LogP contribution in [-0.2, 0) is 17.6 Å². The predicted molar refractivity (Wildman–Crippen MR) is 85.0 cm³/mol. The zero-order valence-electron chi connectivity index (χ0n) is 12.9. The van der Waals surface area contributed by atoms with Crippen molar-refractivity contribution >= 4 is 0 Å². The SMILES string of the molecule is c1cc2c(cc1OCCOCCC1CCCCN1)CCC2. The van der Waals surface area contributed by atoms with Crippen molar-refractivity contribution < 1.29 is 9.47 Å². The lowest BCUT2D eigenvalue weighted by Crippen LogP contribution is -2.34. The van der Waals surface area contributed by atoms with E-state index in [0.29, 0.717) is 19.3 Å². The molecule has 3 heteroatoms. The van der Waals surface area contributed by atoms with E-state index in [-0.39, 0.29) is 0 Å². The molecule has 1 aromatic rings. The Kier molecular flexibility index (Phi) is 5.53. The van der Waals surface area contributed by atoms with E-state index in [1.165, 1.54) is 56.2 Å². The molecule has 0 bridgehead atoms. The summed E-state index contributed by atoms with van der Waals surface area (Å²) in [5, 5.41) is 3.55. The third-order valence-corrected chi connectivity index (χ3v) is 4.59. The Hall–Kier alpha value is -1.06. The van der Waals surface area contributed by atoms with Gasteiger partial charge in [-0.1, -0.05) is 12.5 Å². The number of fused-ring (bicyclic) bond motifs is 1. The molecule has 116 valence electrons. The van der Waals surface area contributed by atoms with Gasteiger partial charge in [0.25, 0.3) is 0 Å². The Morgan fingerprint density at radius 1 is 1.00 bits per heavy atom. The fourth-order valence-corrected chi connectivity index (χ4v) is 3.35. The summed E-state index contributed by atoms with van der Waals surface area (Å²) in [7, 11) is 0. The molecule has 0 amide bonds. The van der Waals surface area contributed by atoms with Crippen molar-refractivity contribution in [1.29, 1.82) is 0 Å². The molecule has 0 saturated carbocycles. The van der Waals surface area contributed by atoms with Gasteiger partial charge in [-0.2, -0.15) is 0 Å². The van der Waals surface area contributed by atoms with Crippen LogP contribution >= 0.6 is 0 Å². The first-order valence-corrected chi connectivity index (χ1v) is 8.47. The quantitative estimate of drug-likeness (QED) is 0.782. The lowest BCUT2D eigenvalue weighted by Gasteiger charge is -2.23. The van der Waals surface area contributed by atoms with Crippen LogP contribution in [0.3, 0.4) is 0 Å². The van der Waals surface area contributed by atoms with E-state index in [4.69, 9.17) is 9.47 Å². The Labute approximate surface area is 128 Å². The van der Waals surface area contributed by atoms with E-state index in [9.17, 15) is 0 Å². The summed E-state index contributed by atoms with van der Waals surface area (Å²) in [6.45, 7) is 3.35. The van der Waals surface area contributed by atoms with Crippen molar-refractivity contribution in [3.63, 3.8) is 0 Å². The minimum absolute atomic E-state index is 0.650. The summed E-state index contributed by atoms with van der Waals surface area (Å²) in [6, 6.07) is 7.17.